The molecule has 10 heteroatoms. The second kappa shape index (κ2) is 11.6. The van der Waals surface area contributed by atoms with E-state index in [1.54, 1.807) is 18.2 Å². The number of Topliss-reactive ketones (excluding diaryl/α,β-unsaturated/α-hetero) is 1. The second-order valence-electron chi connectivity index (χ2n) is 6.59. The molecule has 0 saturated heterocycles. The summed E-state index contributed by atoms with van der Waals surface area (Å²) in [6.07, 6.45) is -1.93. The van der Waals surface area contributed by atoms with E-state index in [-0.39, 0.29) is 35.7 Å². The molecule has 0 saturated carbocycles. The van der Waals surface area contributed by atoms with Gasteiger partial charge in [-0.2, -0.15) is 0 Å². The van der Waals surface area contributed by atoms with E-state index < -0.39 is 24.1 Å². The summed E-state index contributed by atoms with van der Waals surface area (Å²) < 4.78 is 29.6. The Labute approximate surface area is 190 Å². The van der Waals surface area contributed by atoms with Crippen LogP contribution in [0.25, 0.3) is 11.1 Å². The highest BCUT2D eigenvalue weighted by molar-refractivity contribution is 6.02. The Morgan fingerprint density at radius 2 is 1.45 bits per heavy atom. The van der Waals surface area contributed by atoms with E-state index >= 15 is 0 Å². The third-order valence-corrected chi connectivity index (χ3v) is 4.56. The third kappa shape index (κ3) is 6.07. The highest BCUT2D eigenvalue weighted by Crippen LogP contribution is 2.42. The summed E-state index contributed by atoms with van der Waals surface area (Å²) in [7, 11) is 4.96. The summed E-state index contributed by atoms with van der Waals surface area (Å²) in [4.78, 5) is 48.5. The highest BCUT2D eigenvalue weighted by atomic mass is 16.7. The molecule has 0 aromatic heterocycles. The first-order valence-corrected chi connectivity index (χ1v) is 9.67. The molecular formula is C23H24O10. The van der Waals surface area contributed by atoms with Crippen molar-refractivity contribution in [1.82, 2.24) is 0 Å². The molecule has 0 bridgehead atoms. The molecule has 0 spiro atoms. The number of carbonyl (C=O) groups excluding carboxylic acids is 4. The van der Waals surface area contributed by atoms with Crippen LogP contribution in [0.4, 0.5) is 9.59 Å². The summed E-state index contributed by atoms with van der Waals surface area (Å²) in [5.41, 5.74) is 1.41. The van der Waals surface area contributed by atoms with Crippen molar-refractivity contribution in [1.29, 1.82) is 0 Å². The number of hydrogen-bond acceptors (Lipinski definition) is 10. The molecule has 0 amide bonds. The van der Waals surface area contributed by atoms with Crippen molar-refractivity contribution in [2.45, 2.75) is 13.3 Å². The van der Waals surface area contributed by atoms with Gasteiger partial charge in [0.25, 0.3) is 0 Å². The minimum atomic E-state index is -1.07. The van der Waals surface area contributed by atoms with Crippen molar-refractivity contribution in [3.63, 3.8) is 0 Å². The number of benzene rings is 2. The molecule has 2 aromatic carbocycles. The lowest BCUT2D eigenvalue weighted by Gasteiger charge is -2.20. The van der Waals surface area contributed by atoms with Crippen LogP contribution < -0.4 is 9.47 Å². The highest BCUT2D eigenvalue weighted by Gasteiger charge is 2.27. The molecule has 0 N–H and O–H groups in total. The molecule has 10 nitrogen and oxygen atoms in total. The largest absolute Gasteiger partial charge is 0.513 e. The van der Waals surface area contributed by atoms with Crippen LogP contribution in [-0.4, -0.2) is 59.1 Å². The standard InChI is InChI=1S/C23H24O10/c1-13(24)19-16(9-10-28-2)20(14-7-6-8-15(11-14)21(25)29-3)18(33-23(27)31-5)12-17(19)32-22(26)30-4/h6-8,11-12H,9-10H2,1-5H3. The van der Waals surface area contributed by atoms with Gasteiger partial charge in [0.2, 0.25) is 0 Å². The molecule has 0 heterocycles. The number of carbonyl (C=O) groups is 4. The van der Waals surface area contributed by atoms with Gasteiger partial charge in [-0.15, -0.1) is 0 Å². The van der Waals surface area contributed by atoms with Crippen molar-refractivity contribution >= 4 is 24.1 Å². The average molecular weight is 460 g/mol. The van der Waals surface area contributed by atoms with Crippen LogP contribution in [-0.2, 0) is 25.4 Å². The molecule has 0 unspecified atom stereocenters. The maximum Gasteiger partial charge on any atom is 0.513 e. The Morgan fingerprint density at radius 3 is 2.00 bits per heavy atom. The minimum absolute atomic E-state index is 0.0631. The lowest BCUT2D eigenvalue weighted by atomic mass is 9.89. The van der Waals surface area contributed by atoms with Crippen LogP contribution in [0.1, 0.15) is 33.2 Å². The number of rotatable bonds is 8. The lowest BCUT2D eigenvalue weighted by molar-refractivity contribution is 0.0600. The first-order valence-electron chi connectivity index (χ1n) is 9.67. The Bertz CT molecular complexity index is 1060. The van der Waals surface area contributed by atoms with Gasteiger partial charge in [-0.1, -0.05) is 12.1 Å². The van der Waals surface area contributed by atoms with E-state index in [1.165, 1.54) is 33.3 Å². The van der Waals surface area contributed by atoms with E-state index in [0.717, 1.165) is 14.2 Å². The maximum atomic E-state index is 12.6. The molecule has 2 rings (SSSR count). The van der Waals surface area contributed by atoms with Crippen molar-refractivity contribution in [3.05, 3.63) is 47.0 Å². The van der Waals surface area contributed by atoms with Gasteiger partial charge in [0.15, 0.2) is 5.78 Å². The van der Waals surface area contributed by atoms with Crippen molar-refractivity contribution < 1.29 is 47.6 Å². The van der Waals surface area contributed by atoms with Crippen LogP contribution in [0.15, 0.2) is 30.3 Å². The van der Waals surface area contributed by atoms with Gasteiger partial charge < -0.3 is 28.4 Å². The van der Waals surface area contributed by atoms with Gasteiger partial charge in [-0.05, 0) is 36.6 Å². The summed E-state index contributed by atoms with van der Waals surface area (Å²) in [6.45, 7) is 1.48. The Kier molecular flexibility index (Phi) is 8.93. The fourth-order valence-electron chi connectivity index (χ4n) is 3.19. The Morgan fingerprint density at radius 1 is 0.818 bits per heavy atom. The minimum Gasteiger partial charge on any atom is -0.465 e. The fourth-order valence-corrected chi connectivity index (χ4v) is 3.19. The van der Waals surface area contributed by atoms with Crippen LogP contribution in [0, 0.1) is 0 Å². The van der Waals surface area contributed by atoms with E-state index in [4.69, 9.17) is 18.9 Å². The zero-order chi connectivity index (χ0) is 24.5. The second-order valence-corrected chi connectivity index (χ2v) is 6.59. The summed E-state index contributed by atoms with van der Waals surface area (Å²) >= 11 is 0. The van der Waals surface area contributed by atoms with Crippen LogP contribution in [0.5, 0.6) is 11.5 Å². The first-order chi connectivity index (χ1) is 15.8. The van der Waals surface area contributed by atoms with Crippen LogP contribution >= 0.6 is 0 Å². The normalized spacial score (nSPS) is 10.2. The molecule has 0 aliphatic carbocycles. The van der Waals surface area contributed by atoms with Gasteiger partial charge in [0.05, 0.1) is 39.1 Å². The molecular weight excluding hydrogens is 436 g/mol. The number of ketones is 1. The van der Waals surface area contributed by atoms with E-state index in [9.17, 15) is 19.2 Å². The predicted molar refractivity (Wildman–Crippen MR) is 115 cm³/mol. The van der Waals surface area contributed by atoms with Crippen molar-refractivity contribution in [2.24, 2.45) is 0 Å². The number of methoxy groups -OCH3 is 4. The van der Waals surface area contributed by atoms with Crippen LogP contribution in [0.3, 0.4) is 0 Å². The number of ether oxygens (including phenoxy) is 6. The van der Waals surface area contributed by atoms with Crippen LogP contribution in [0.2, 0.25) is 0 Å². The third-order valence-electron chi connectivity index (χ3n) is 4.56. The van der Waals surface area contributed by atoms with Gasteiger partial charge in [-0.3, -0.25) is 4.79 Å². The first kappa shape index (κ1) is 25.3. The number of hydrogen-bond donors (Lipinski definition) is 0. The summed E-state index contributed by atoms with van der Waals surface area (Å²) in [6, 6.07) is 7.54. The van der Waals surface area contributed by atoms with Gasteiger partial charge in [-0.25, -0.2) is 14.4 Å². The molecule has 176 valence electrons. The van der Waals surface area contributed by atoms with Gasteiger partial charge >= 0.3 is 18.3 Å². The Balaban J connectivity index is 2.92. The summed E-state index contributed by atoms with van der Waals surface area (Å²) in [5, 5.41) is 0. The molecule has 0 radical (unpaired) electrons. The topological polar surface area (TPSA) is 124 Å². The Hall–Kier alpha value is -3.92. The van der Waals surface area contributed by atoms with E-state index in [2.05, 4.69) is 9.47 Å². The SMILES string of the molecule is COCCc1c(C(C)=O)c(OC(=O)OC)cc(OC(=O)OC)c1-c1cccc(C(=O)OC)c1. The molecule has 33 heavy (non-hydrogen) atoms. The fraction of sp³-hybridized carbons (Fsp3) is 0.304. The predicted octanol–water partition coefficient (Wildman–Crippen LogP) is 3.82. The smallest absolute Gasteiger partial charge is 0.465 e. The molecule has 0 aliphatic heterocycles. The molecule has 0 fully saturated rings. The molecule has 2 aromatic rings. The lowest BCUT2D eigenvalue weighted by Crippen LogP contribution is -2.16. The quantitative estimate of drug-likeness (QED) is 0.248. The summed E-state index contributed by atoms with van der Waals surface area (Å²) in [5.74, 6) is -1.25. The molecule has 0 aliphatic rings. The van der Waals surface area contributed by atoms with Crippen molar-refractivity contribution in [3.8, 4) is 22.6 Å². The zero-order valence-corrected chi connectivity index (χ0v) is 18.9. The van der Waals surface area contributed by atoms with E-state index in [0.29, 0.717) is 16.7 Å². The monoisotopic (exact) mass is 460 g/mol. The molecule has 0 atom stereocenters. The van der Waals surface area contributed by atoms with Crippen molar-refractivity contribution in [2.75, 3.05) is 35.0 Å². The maximum absolute atomic E-state index is 12.6. The van der Waals surface area contributed by atoms with E-state index in [1.807, 2.05) is 0 Å². The van der Waals surface area contributed by atoms with Gasteiger partial charge in [0.1, 0.15) is 11.5 Å². The zero-order valence-electron chi connectivity index (χ0n) is 18.9. The van der Waals surface area contributed by atoms with Gasteiger partial charge in [0, 0.05) is 18.7 Å². The number of esters is 1. The average Bonchev–Trinajstić information content (AvgIpc) is 2.81.